The Labute approximate surface area is 153 Å². The Bertz CT molecular complexity index is 223. The van der Waals surface area contributed by atoms with Crippen LogP contribution in [0.1, 0.15) is 128 Å². The lowest BCUT2D eigenvalue weighted by atomic mass is 9.96. The topological polar surface area (TPSA) is 3.24 Å². The largest absolute Gasteiger partial charge is 0.300 e. The lowest BCUT2D eigenvalue weighted by Crippen LogP contribution is -2.37. The Kier molecular flexibility index (Phi) is 12.0. The van der Waals surface area contributed by atoms with Gasteiger partial charge in [-0.05, 0) is 38.8 Å². The zero-order valence-electron chi connectivity index (χ0n) is 16.6. The third kappa shape index (κ3) is 9.44. The second-order valence-electron chi connectivity index (χ2n) is 8.63. The van der Waals surface area contributed by atoms with E-state index in [1.165, 1.54) is 142 Å². The summed E-state index contributed by atoms with van der Waals surface area (Å²) >= 11 is 0. The molecule has 0 amide bonds. The molecule has 1 nitrogen and oxygen atoms in total. The monoisotopic (exact) mass is 335 g/mol. The fourth-order valence-electron chi connectivity index (χ4n) is 4.85. The minimum absolute atomic E-state index is 0.910. The summed E-state index contributed by atoms with van der Waals surface area (Å²) in [5.74, 6) is 0. The summed E-state index contributed by atoms with van der Waals surface area (Å²) in [6, 6.07) is 0.910. The van der Waals surface area contributed by atoms with E-state index in [-0.39, 0.29) is 0 Å². The highest BCUT2D eigenvalue weighted by atomic mass is 15.1. The highest BCUT2D eigenvalue weighted by Gasteiger charge is 2.18. The molecule has 0 aromatic heterocycles. The Balaban J connectivity index is 1.82. The second kappa shape index (κ2) is 14.2. The third-order valence-corrected chi connectivity index (χ3v) is 6.48. The molecule has 1 aliphatic carbocycles. The van der Waals surface area contributed by atoms with E-state index >= 15 is 0 Å². The van der Waals surface area contributed by atoms with E-state index in [4.69, 9.17) is 0 Å². The van der Waals surface area contributed by atoms with Crippen LogP contribution in [-0.2, 0) is 0 Å². The molecule has 142 valence electrons. The van der Waals surface area contributed by atoms with Gasteiger partial charge in [0, 0.05) is 6.04 Å². The molecule has 0 atom stereocenters. The van der Waals surface area contributed by atoms with Crippen LogP contribution < -0.4 is 0 Å². The highest BCUT2D eigenvalue weighted by molar-refractivity contribution is 4.73. The molecule has 2 fully saturated rings. The van der Waals surface area contributed by atoms with Gasteiger partial charge in [-0.1, -0.05) is 103 Å². The van der Waals surface area contributed by atoms with E-state index in [2.05, 4.69) is 4.90 Å². The molecule has 0 unspecified atom stereocenters. The first kappa shape index (κ1) is 20.3. The average Bonchev–Trinajstić information content (AvgIpc) is 2.56. The van der Waals surface area contributed by atoms with Gasteiger partial charge in [0.15, 0.2) is 0 Å². The minimum atomic E-state index is 0.910. The molecule has 24 heavy (non-hydrogen) atoms. The average molecular weight is 336 g/mol. The van der Waals surface area contributed by atoms with Crippen molar-refractivity contribution in [2.45, 2.75) is 134 Å². The van der Waals surface area contributed by atoms with Crippen molar-refractivity contribution in [2.75, 3.05) is 13.1 Å². The molecule has 2 rings (SSSR count). The van der Waals surface area contributed by atoms with Gasteiger partial charge in [0.05, 0.1) is 0 Å². The van der Waals surface area contributed by atoms with Crippen molar-refractivity contribution in [1.82, 2.24) is 4.90 Å². The van der Waals surface area contributed by atoms with Crippen LogP contribution in [0.15, 0.2) is 0 Å². The first-order chi connectivity index (χ1) is 12.0. The van der Waals surface area contributed by atoms with Crippen LogP contribution in [0.4, 0.5) is 0 Å². The smallest absolute Gasteiger partial charge is 0.00952 e. The van der Waals surface area contributed by atoms with Gasteiger partial charge >= 0.3 is 0 Å². The van der Waals surface area contributed by atoms with E-state index in [1.807, 2.05) is 0 Å². The summed E-state index contributed by atoms with van der Waals surface area (Å²) < 4.78 is 0. The molecule has 1 saturated heterocycles. The minimum Gasteiger partial charge on any atom is -0.300 e. The molecule has 1 heteroatoms. The van der Waals surface area contributed by atoms with E-state index in [0.29, 0.717) is 0 Å². The molecule has 0 aromatic rings. The lowest BCUT2D eigenvalue weighted by Gasteiger charge is -2.33. The molecule has 0 bridgehead atoms. The quantitative estimate of drug-likeness (QED) is 0.480. The maximum Gasteiger partial charge on any atom is 0.00952 e. The van der Waals surface area contributed by atoms with Gasteiger partial charge in [-0.2, -0.15) is 0 Å². The summed E-state index contributed by atoms with van der Waals surface area (Å²) in [5, 5.41) is 0. The number of hydrogen-bond donors (Lipinski definition) is 0. The van der Waals surface area contributed by atoms with Gasteiger partial charge in [-0.3, -0.25) is 0 Å². The van der Waals surface area contributed by atoms with E-state index in [0.717, 1.165) is 6.04 Å². The molecule has 1 saturated carbocycles. The van der Waals surface area contributed by atoms with Crippen molar-refractivity contribution in [3.8, 4) is 0 Å². The Morgan fingerprint density at radius 1 is 0.333 bits per heavy atom. The van der Waals surface area contributed by atoms with Crippen molar-refractivity contribution in [2.24, 2.45) is 0 Å². The molecule has 0 spiro atoms. The number of hydrogen-bond acceptors (Lipinski definition) is 1. The molecule has 0 N–H and O–H groups in total. The summed E-state index contributed by atoms with van der Waals surface area (Å²) in [6.45, 7) is 2.79. The first-order valence-electron chi connectivity index (χ1n) is 11.7. The lowest BCUT2D eigenvalue weighted by molar-refractivity contribution is 0.162. The zero-order valence-corrected chi connectivity index (χ0v) is 16.6. The Morgan fingerprint density at radius 3 is 1.00 bits per heavy atom. The molecular weight excluding hydrogens is 290 g/mol. The van der Waals surface area contributed by atoms with Crippen LogP contribution in [0, 0.1) is 0 Å². The van der Waals surface area contributed by atoms with Crippen molar-refractivity contribution >= 4 is 0 Å². The number of nitrogens with zero attached hydrogens (tertiary/aromatic N) is 1. The molecular formula is C23H45N. The van der Waals surface area contributed by atoms with Crippen molar-refractivity contribution in [3.63, 3.8) is 0 Å². The van der Waals surface area contributed by atoms with Crippen LogP contribution in [0.2, 0.25) is 0 Å². The first-order valence-corrected chi connectivity index (χ1v) is 11.7. The summed E-state index contributed by atoms with van der Waals surface area (Å²) in [7, 11) is 0. The standard InChI is InChI=1S/C23H45N/c1-3-7-11-15-19-23(20-16-12-8-4-1)24-21-17-13-9-5-2-6-10-14-18-22-24/h23H,1-22H2. The number of rotatable bonds is 1. The van der Waals surface area contributed by atoms with Crippen LogP contribution >= 0.6 is 0 Å². The van der Waals surface area contributed by atoms with E-state index in [9.17, 15) is 0 Å². The van der Waals surface area contributed by atoms with Gasteiger partial charge in [0.2, 0.25) is 0 Å². The van der Waals surface area contributed by atoms with Crippen LogP contribution in [-0.4, -0.2) is 24.0 Å². The predicted molar refractivity (Wildman–Crippen MR) is 108 cm³/mol. The van der Waals surface area contributed by atoms with Crippen LogP contribution in [0.5, 0.6) is 0 Å². The molecule has 1 aliphatic heterocycles. The van der Waals surface area contributed by atoms with Gasteiger partial charge < -0.3 is 4.90 Å². The normalized spacial score (nSPS) is 26.5. The Morgan fingerprint density at radius 2 is 0.625 bits per heavy atom. The van der Waals surface area contributed by atoms with E-state index in [1.54, 1.807) is 0 Å². The Hall–Kier alpha value is -0.0400. The van der Waals surface area contributed by atoms with Crippen molar-refractivity contribution in [1.29, 1.82) is 0 Å². The summed E-state index contributed by atoms with van der Waals surface area (Å²) in [5.41, 5.74) is 0. The fourth-order valence-corrected chi connectivity index (χ4v) is 4.85. The SMILES string of the molecule is C1CCCCCC(N2CCCCCCCCCCC2)CCCCC1. The molecule has 1 heterocycles. The summed E-state index contributed by atoms with van der Waals surface area (Å²) in [6.07, 6.45) is 29.7. The molecule has 0 aromatic carbocycles. The predicted octanol–water partition coefficient (Wildman–Crippen LogP) is 7.49. The van der Waals surface area contributed by atoms with Crippen LogP contribution in [0.25, 0.3) is 0 Å². The van der Waals surface area contributed by atoms with Crippen molar-refractivity contribution < 1.29 is 0 Å². The van der Waals surface area contributed by atoms with Crippen molar-refractivity contribution in [3.05, 3.63) is 0 Å². The fraction of sp³-hybridized carbons (Fsp3) is 1.00. The zero-order chi connectivity index (χ0) is 16.7. The van der Waals surface area contributed by atoms with Gasteiger partial charge in [-0.25, -0.2) is 0 Å². The highest BCUT2D eigenvalue weighted by Crippen LogP contribution is 2.22. The van der Waals surface area contributed by atoms with Gasteiger partial charge in [-0.15, -0.1) is 0 Å². The third-order valence-electron chi connectivity index (χ3n) is 6.48. The van der Waals surface area contributed by atoms with E-state index < -0.39 is 0 Å². The molecule has 0 radical (unpaired) electrons. The maximum absolute atomic E-state index is 2.94. The van der Waals surface area contributed by atoms with Gasteiger partial charge in [0.25, 0.3) is 0 Å². The van der Waals surface area contributed by atoms with Gasteiger partial charge in [0.1, 0.15) is 0 Å². The summed E-state index contributed by atoms with van der Waals surface area (Å²) in [4.78, 5) is 2.94. The second-order valence-corrected chi connectivity index (χ2v) is 8.63. The maximum atomic E-state index is 2.94. The molecule has 2 aliphatic rings. The van der Waals surface area contributed by atoms with Crippen LogP contribution in [0.3, 0.4) is 0 Å².